The maximum absolute atomic E-state index is 0. The van der Waals surface area contributed by atoms with E-state index in [1.807, 2.05) is 0 Å². The number of hydrogen-bond acceptors (Lipinski definition) is 0. The van der Waals surface area contributed by atoms with Gasteiger partial charge in [-0.3, -0.25) is 0 Å². The molecule has 0 spiro atoms. The molecule has 0 atom stereocenters. The monoisotopic (exact) mass is 105 g/mol. The molecular formula is F3Ti-3. The molecule has 0 N–H and O–H groups in total. The minimum Gasteiger partial charge on any atom is -1.00 e. The van der Waals surface area contributed by atoms with Crippen LogP contribution in [-0.2, 0) is 21.7 Å². The van der Waals surface area contributed by atoms with E-state index in [0.717, 1.165) is 0 Å². The minimum atomic E-state index is 0. The Hall–Kier alpha value is 0.504. The normalized spacial score (nSPS) is 0. The topological polar surface area (TPSA) is 0 Å². The molecule has 0 rings (SSSR count). The first kappa shape index (κ1) is 218. The molecule has 0 heterocycles. The summed E-state index contributed by atoms with van der Waals surface area (Å²) in [5, 5.41) is 0. The summed E-state index contributed by atoms with van der Waals surface area (Å²) in [6, 6.07) is 0. The Morgan fingerprint density at radius 1 is 0.500 bits per heavy atom. The third-order valence-electron chi connectivity index (χ3n) is 0. The Balaban J connectivity index is 0. The second-order valence-electron chi connectivity index (χ2n) is 0. The molecule has 0 bridgehead atoms. The van der Waals surface area contributed by atoms with Crippen LogP contribution in [0.2, 0.25) is 0 Å². The Morgan fingerprint density at radius 3 is 0.500 bits per heavy atom. The van der Waals surface area contributed by atoms with Crippen molar-refractivity contribution in [1.82, 2.24) is 0 Å². The van der Waals surface area contributed by atoms with Crippen LogP contribution in [0.1, 0.15) is 0 Å². The molecule has 28 valence electrons. The third kappa shape index (κ3) is 22.3. The zero-order valence-electron chi connectivity index (χ0n) is 1.63. The summed E-state index contributed by atoms with van der Waals surface area (Å²) < 4.78 is 0. The predicted molar refractivity (Wildman–Crippen MR) is 0 cm³/mol. The van der Waals surface area contributed by atoms with E-state index in [1.54, 1.807) is 0 Å². The molecule has 0 aromatic carbocycles. The molecular weight excluding hydrogens is 105 g/mol. The molecule has 0 aliphatic rings. The second kappa shape index (κ2) is 86.4. The van der Waals surface area contributed by atoms with Gasteiger partial charge in [0.05, 0.1) is 0 Å². The van der Waals surface area contributed by atoms with Gasteiger partial charge in [-0.1, -0.05) is 0 Å². The van der Waals surface area contributed by atoms with Crippen LogP contribution in [0.4, 0.5) is 0 Å². The standard InChI is InChI=1S/3FH.Ti/h3*1H;/p-3. The van der Waals surface area contributed by atoms with Crippen LogP contribution in [0.5, 0.6) is 0 Å². The first-order chi connectivity index (χ1) is 0. The van der Waals surface area contributed by atoms with E-state index < -0.39 is 0 Å². The van der Waals surface area contributed by atoms with Gasteiger partial charge in [0.1, 0.15) is 0 Å². The van der Waals surface area contributed by atoms with Crippen LogP contribution in [0.3, 0.4) is 0 Å². The van der Waals surface area contributed by atoms with Crippen LogP contribution in [0.25, 0.3) is 0 Å². The molecule has 0 saturated heterocycles. The second-order valence-corrected chi connectivity index (χ2v) is 0. The average molecular weight is 105 g/mol. The van der Waals surface area contributed by atoms with E-state index in [9.17, 15) is 0 Å². The van der Waals surface area contributed by atoms with E-state index in [0.29, 0.717) is 0 Å². The van der Waals surface area contributed by atoms with Gasteiger partial charge in [0.2, 0.25) is 0 Å². The van der Waals surface area contributed by atoms with E-state index in [1.165, 1.54) is 0 Å². The minimum absolute atomic E-state index is 0. The Bertz CT molecular complexity index is 3.25. The zero-order valence-corrected chi connectivity index (χ0v) is 3.20. The van der Waals surface area contributed by atoms with Crippen molar-refractivity contribution in [3.05, 3.63) is 0 Å². The molecule has 0 amide bonds. The van der Waals surface area contributed by atoms with Crippen molar-refractivity contribution in [3.8, 4) is 0 Å². The quantitative estimate of drug-likeness (QED) is 0.268. The molecule has 0 aromatic heterocycles. The van der Waals surface area contributed by atoms with Gasteiger partial charge in [-0.2, -0.15) is 0 Å². The zero-order chi connectivity index (χ0) is 0. The van der Waals surface area contributed by atoms with Crippen molar-refractivity contribution < 1.29 is 35.8 Å². The summed E-state index contributed by atoms with van der Waals surface area (Å²) in [5.41, 5.74) is 0. The van der Waals surface area contributed by atoms with Crippen molar-refractivity contribution in [1.29, 1.82) is 0 Å². The summed E-state index contributed by atoms with van der Waals surface area (Å²) in [5.74, 6) is 0. The third-order valence-corrected chi connectivity index (χ3v) is 0. The molecule has 0 fully saturated rings. The van der Waals surface area contributed by atoms with Gasteiger partial charge >= 0.3 is 0 Å². The predicted octanol–water partition coefficient (Wildman–Crippen LogP) is -8.99. The van der Waals surface area contributed by atoms with Gasteiger partial charge in [0.25, 0.3) is 0 Å². The molecule has 0 aliphatic carbocycles. The fourth-order valence-electron chi connectivity index (χ4n) is 0. The van der Waals surface area contributed by atoms with Crippen LogP contribution in [0.15, 0.2) is 0 Å². The van der Waals surface area contributed by atoms with Gasteiger partial charge in [-0.15, -0.1) is 0 Å². The number of hydrogen-bond donors (Lipinski definition) is 0. The SMILES string of the molecule is [F-].[F-].[F-].[Ti]. The fraction of sp³-hybridized carbons (Fsp3) is 0. The van der Waals surface area contributed by atoms with Gasteiger partial charge in [-0.25, -0.2) is 0 Å². The molecule has 0 radical (unpaired) electrons. The number of halogens is 3. The maximum Gasteiger partial charge on any atom is 0 e. The van der Waals surface area contributed by atoms with E-state index in [2.05, 4.69) is 0 Å². The molecule has 0 unspecified atom stereocenters. The van der Waals surface area contributed by atoms with Crippen molar-refractivity contribution in [3.63, 3.8) is 0 Å². The van der Waals surface area contributed by atoms with Gasteiger partial charge in [-0.05, 0) is 0 Å². The number of rotatable bonds is 0. The van der Waals surface area contributed by atoms with Crippen molar-refractivity contribution in [2.45, 2.75) is 0 Å². The fourth-order valence-corrected chi connectivity index (χ4v) is 0. The Morgan fingerprint density at radius 2 is 0.500 bits per heavy atom. The first-order valence-corrected chi connectivity index (χ1v) is 0. The molecule has 0 aromatic rings. The molecule has 0 nitrogen and oxygen atoms in total. The van der Waals surface area contributed by atoms with E-state index in [-0.39, 0.29) is 35.8 Å². The summed E-state index contributed by atoms with van der Waals surface area (Å²) >= 11 is 0. The first-order valence-electron chi connectivity index (χ1n) is 0. The smallest absolute Gasteiger partial charge is 0 e. The summed E-state index contributed by atoms with van der Waals surface area (Å²) in [7, 11) is 0. The molecule has 0 aliphatic heterocycles. The largest absolute Gasteiger partial charge is 1.00 e. The van der Waals surface area contributed by atoms with Crippen LogP contribution in [0, 0.1) is 0 Å². The van der Waals surface area contributed by atoms with Crippen molar-refractivity contribution in [2.75, 3.05) is 0 Å². The van der Waals surface area contributed by atoms with E-state index >= 15 is 0 Å². The van der Waals surface area contributed by atoms with Crippen LogP contribution >= 0.6 is 0 Å². The Labute approximate surface area is 36.6 Å². The summed E-state index contributed by atoms with van der Waals surface area (Å²) in [6.45, 7) is 0. The van der Waals surface area contributed by atoms with Crippen LogP contribution < -0.4 is 14.1 Å². The van der Waals surface area contributed by atoms with Crippen molar-refractivity contribution in [2.24, 2.45) is 0 Å². The van der Waals surface area contributed by atoms with E-state index in [4.69, 9.17) is 0 Å². The van der Waals surface area contributed by atoms with Gasteiger partial charge < -0.3 is 14.1 Å². The maximum atomic E-state index is 0. The summed E-state index contributed by atoms with van der Waals surface area (Å²) in [6.07, 6.45) is 0. The van der Waals surface area contributed by atoms with Gasteiger partial charge in [0.15, 0.2) is 0 Å². The van der Waals surface area contributed by atoms with Crippen molar-refractivity contribution >= 4 is 0 Å². The van der Waals surface area contributed by atoms with Gasteiger partial charge in [0, 0.05) is 21.7 Å². The molecule has 4 heteroatoms. The Kier molecular flexibility index (Phi) is 4700. The molecule has 4 heavy (non-hydrogen) atoms. The average Bonchev–Trinajstić information content (AvgIpc) is 0. The molecule has 0 saturated carbocycles. The summed E-state index contributed by atoms with van der Waals surface area (Å²) in [4.78, 5) is 0. The van der Waals surface area contributed by atoms with Crippen LogP contribution in [-0.4, -0.2) is 0 Å².